The van der Waals surface area contributed by atoms with Gasteiger partial charge in [0.25, 0.3) is 5.91 Å². The first-order valence-electron chi connectivity index (χ1n) is 3.94. The summed E-state index contributed by atoms with van der Waals surface area (Å²) in [6.45, 7) is 1.61. The van der Waals surface area contributed by atoms with Crippen molar-refractivity contribution in [1.29, 1.82) is 0 Å². The molecule has 4 heteroatoms. The molecule has 0 saturated carbocycles. The quantitative estimate of drug-likeness (QED) is 0.659. The summed E-state index contributed by atoms with van der Waals surface area (Å²) in [7, 11) is 0. The SMILES string of the molecule is CC1Oc2cc(F)ccc2NC1=O. The van der Waals surface area contributed by atoms with Gasteiger partial charge in [-0.2, -0.15) is 0 Å². The third kappa shape index (κ3) is 1.35. The number of carbonyl (C=O) groups is 1. The Balaban J connectivity index is 2.42. The van der Waals surface area contributed by atoms with E-state index in [1.165, 1.54) is 18.2 Å². The number of halogens is 1. The minimum absolute atomic E-state index is 0.209. The molecule has 0 bridgehead atoms. The van der Waals surface area contributed by atoms with Gasteiger partial charge in [-0.3, -0.25) is 4.79 Å². The summed E-state index contributed by atoms with van der Waals surface area (Å²) in [5, 5.41) is 2.61. The summed E-state index contributed by atoms with van der Waals surface area (Å²) < 4.78 is 17.9. The van der Waals surface area contributed by atoms with E-state index >= 15 is 0 Å². The Kier molecular flexibility index (Phi) is 1.69. The standard InChI is InChI=1S/C9H8FNO2/c1-5-9(12)11-7-3-2-6(10)4-8(7)13-5/h2-5H,1H3,(H,11,12). The number of fused-ring (bicyclic) bond motifs is 1. The maximum Gasteiger partial charge on any atom is 0.265 e. The maximum absolute atomic E-state index is 12.7. The fourth-order valence-electron chi connectivity index (χ4n) is 1.18. The number of benzene rings is 1. The van der Waals surface area contributed by atoms with Gasteiger partial charge in [-0.1, -0.05) is 0 Å². The molecule has 2 rings (SSSR count). The van der Waals surface area contributed by atoms with Gasteiger partial charge in [0, 0.05) is 6.07 Å². The van der Waals surface area contributed by atoms with Crippen molar-refractivity contribution < 1.29 is 13.9 Å². The van der Waals surface area contributed by atoms with Gasteiger partial charge in [0.2, 0.25) is 0 Å². The van der Waals surface area contributed by atoms with E-state index in [1.54, 1.807) is 6.92 Å². The molecule has 0 spiro atoms. The lowest BCUT2D eigenvalue weighted by molar-refractivity contribution is -0.122. The van der Waals surface area contributed by atoms with Crippen LogP contribution >= 0.6 is 0 Å². The van der Waals surface area contributed by atoms with Gasteiger partial charge in [-0.05, 0) is 19.1 Å². The van der Waals surface area contributed by atoms with Crippen LogP contribution in [-0.4, -0.2) is 12.0 Å². The maximum atomic E-state index is 12.7. The molecule has 1 amide bonds. The molecule has 1 aromatic carbocycles. The van der Waals surface area contributed by atoms with Crippen molar-refractivity contribution in [2.24, 2.45) is 0 Å². The first-order valence-corrected chi connectivity index (χ1v) is 3.94. The fourth-order valence-corrected chi connectivity index (χ4v) is 1.18. The molecule has 1 aromatic rings. The molecule has 1 unspecified atom stereocenters. The van der Waals surface area contributed by atoms with Crippen molar-refractivity contribution in [3.63, 3.8) is 0 Å². The van der Waals surface area contributed by atoms with E-state index < -0.39 is 6.10 Å². The zero-order valence-electron chi connectivity index (χ0n) is 7.00. The van der Waals surface area contributed by atoms with Crippen LogP contribution in [-0.2, 0) is 4.79 Å². The Morgan fingerprint density at radius 2 is 2.31 bits per heavy atom. The monoisotopic (exact) mass is 181 g/mol. The smallest absolute Gasteiger partial charge is 0.265 e. The molecular formula is C9H8FNO2. The highest BCUT2D eigenvalue weighted by molar-refractivity contribution is 5.97. The molecule has 1 heterocycles. The van der Waals surface area contributed by atoms with E-state index in [2.05, 4.69) is 5.32 Å². The molecule has 13 heavy (non-hydrogen) atoms. The highest BCUT2D eigenvalue weighted by atomic mass is 19.1. The number of hydrogen-bond acceptors (Lipinski definition) is 2. The van der Waals surface area contributed by atoms with Crippen molar-refractivity contribution >= 4 is 11.6 Å². The molecule has 0 saturated heterocycles. The molecule has 0 fully saturated rings. The minimum Gasteiger partial charge on any atom is -0.479 e. The van der Waals surface area contributed by atoms with E-state index in [0.717, 1.165) is 0 Å². The van der Waals surface area contributed by atoms with Gasteiger partial charge in [-0.25, -0.2) is 4.39 Å². The van der Waals surface area contributed by atoms with E-state index in [0.29, 0.717) is 11.4 Å². The van der Waals surface area contributed by atoms with E-state index in [4.69, 9.17) is 4.74 Å². The van der Waals surface area contributed by atoms with Crippen molar-refractivity contribution in [3.8, 4) is 5.75 Å². The van der Waals surface area contributed by atoms with Crippen LogP contribution in [0.5, 0.6) is 5.75 Å². The van der Waals surface area contributed by atoms with Crippen molar-refractivity contribution in [2.75, 3.05) is 5.32 Å². The van der Waals surface area contributed by atoms with Crippen LogP contribution in [0.3, 0.4) is 0 Å². The van der Waals surface area contributed by atoms with E-state index in [9.17, 15) is 9.18 Å². The second-order valence-corrected chi connectivity index (χ2v) is 2.89. The van der Waals surface area contributed by atoms with Crippen LogP contribution in [0.25, 0.3) is 0 Å². The van der Waals surface area contributed by atoms with Crippen molar-refractivity contribution in [1.82, 2.24) is 0 Å². The first kappa shape index (κ1) is 8.04. The lowest BCUT2D eigenvalue weighted by Gasteiger charge is -2.22. The number of ether oxygens (including phenoxy) is 1. The second-order valence-electron chi connectivity index (χ2n) is 2.89. The first-order chi connectivity index (χ1) is 6.16. The fraction of sp³-hybridized carbons (Fsp3) is 0.222. The summed E-state index contributed by atoms with van der Waals surface area (Å²) in [6.07, 6.45) is -0.561. The van der Waals surface area contributed by atoms with Gasteiger partial charge in [0.05, 0.1) is 5.69 Å². The van der Waals surface area contributed by atoms with Crippen LogP contribution < -0.4 is 10.1 Å². The molecule has 0 aromatic heterocycles. The Labute approximate surface area is 74.5 Å². The van der Waals surface area contributed by atoms with Gasteiger partial charge < -0.3 is 10.1 Å². The van der Waals surface area contributed by atoms with Gasteiger partial charge >= 0.3 is 0 Å². The molecular weight excluding hydrogens is 173 g/mol. The average molecular weight is 181 g/mol. The number of nitrogens with one attached hydrogen (secondary N) is 1. The van der Waals surface area contributed by atoms with E-state index in [-0.39, 0.29) is 11.7 Å². The van der Waals surface area contributed by atoms with Crippen LogP contribution in [0.2, 0.25) is 0 Å². The molecule has 68 valence electrons. The molecule has 1 aliphatic rings. The Bertz CT molecular complexity index is 365. The lowest BCUT2D eigenvalue weighted by atomic mass is 10.2. The number of carbonyl (C=O) groups excluding carboxylic acids is 1. The summed E-state index contributed by atoms with van der Waals surface area (Å²) in [5.41, 5.74) is 0.518. The van der Waals surface area contributed by atoms with Crippen LogP contribution in [0.15, 0.2) is 18.2 Å². The van der Waals surface area contributed by atoms with Gasteiger partial charge in [-0.15, -0.1) is 0 Å². The zero-order valence-corrected chi connectivity index (χ0v) is 7.00. The highest BCUT2D eigenvalue weighted by Crippen LogP contribution is 2.29. The summed E-state index contributed by atoms with van der Waals surface area (Å²) in [4.78, 5) is 11.1. The summed E-state index contributed by atoms with van der Waals surface area (Å²) >= 11 is 0. The molecule has 1 N–H and O–H groups in total. The molecule has 0 aliphatic carbocycles. The van der Waals surface area contributed by atoms with Gasteiger partial charge in [0.1, 0.15) is 11.6 Å². The second kappa shape index (κ2) is 2.73. The minimum atomic E-state index is -0.561. The average Bonchev–Trinajstić information content (AvgIpc) is 2.08. The molecule has 1 atom stereocenters. The largest absolute Gasteiger partial charge is 0.479 e. The number of amides is 1. The van der Waals surface area contributed by atoms with Crippen molar-refractivity contribution in [2.45, 2.75) is 13.0 Å². The van der Waals surface area contributed by atoms with Crippen molar-refractivity contribution in [3.05, 3.63) is 24.0 Å². The van der Waals surface area contributed by atoms with Crippen LogP contribution in [0.1, 0.15) is 6.92 Å². The Hall–Kier alpha value is -1.58. The third-order valence-electron chi connectivity index (χ3n) is 1.87. The summed E-state index contributed by atoms with van der Waals surface area (Å²) in [6, 6.07) is 4.01. The predicted molar refractivity (Wildman–Crippen MR) is 45.1 cm³/mol. The highest BCUT2D eigenvalue weighted by Gasteiger charge is 2.23. The zero-order chi connectivity index (χ0) is 9.42. The van der Waals surface area contributed by atoms with Crippen LogP contribution in [0, 0.1) is 5.82 Å². The number of hydrogen-bond donors (Lipinski definition) is 1. The molecule has 0 radical (unpaired) electrons. The third-order valence-corrected chi connectivity index (χ3v) is 1.87. The topological polar surface area (TPSA) is 38.3 Å². The normalized spacial score (nSPS) is 20.2. The van der Waals surface area contributed by atoms with Gasteiger partial charge in [0.15, 0.2) is 6.10 Å². The van der Waals surface area contributed by atoms with Crippen LogP contribution in [0.4, 0.5) is 10.1 Å². The van der Waals surface area contributed by atoms with E-state index in [1.807, 2.05) is 0 Å². The lowest BCUT2D eigenvalue weighted by Crippen LogP contribution is -2.34. The number of anilines is 1. The Morgan fingerprint density at radius 1 is 1.54 bits per heavy atom. The Morgan fingerprint density at radius 3 is 3.08 bits per heavy atom. The number of rotatable bonds is 0. The molecule has 1 aliphatic heterocycles. The summed E-state index contributed by atoms with van der Waals surface area (Å²) in [5.74, 6) is -0.201. The predicted octanol–water partition coefficient (Wildman–Crippen LogP) is 1.55. The molecule has 3 nitrogen and oxygen atoms in total.